The van der Waals surface area contributed by atoms with Gasteiger partial charge in [-0.2, -0.15) is 0 Å². The van der Waals surface area contributed by atoms with Crippen LogP contribution < -0.4 is 5.73 Å². The van der Waals surface area contributed by atoms with Crippen LogP contribution in [0.25, 0.3) is 5.69 Å². The normalized spacial score (nSPS) is 10.6. The van der Waals surface area contributed by atoms with Gasteiger partial charge in [-0.15, -0.1) is 0 Å². The molecular formula is C17H14ClN3O. The lowest BCUT2D eigenvalue weighted by atomic mass is 10.1. The second kappa shape index (κ2) is 5.66. The molecule has 0 saturated carbocycles. The van der Waals surface area contributed by atoms with Gasteiger partial charge in [-0.1, -0.05) is 53.6 Å². The Balaban J connectivity index is 2.12. The summed E-state index contributed by atoms with van der Waals surface area (Å²) in [7, 11) is 0. The fourth-order valence-electron chi connectivity index (χ4n) is 2.27. The van der Waals surface area contributed by atoms with E-state index in [0.29, 0.717) is 22.0 Å². The number of carbonyl (C=O) groups excluding carboxylic acids is 1. The number of anilines is 1. The molecule has 0 atom stereocenters. The van der Waals surface area contributed by atoms with Crippen LogP contribution in [0.2, 0.25) is 5.02 Å². The number of aromatic nitrogens is 2. The molecule has 0 bridgehead atoms. The van der Waals surface area contributed by atoms with Crippen molar-refractivity contribution in [2.45, 2.75) is 6.92 Å². The first kappa shape index (κ1) is 14.4. The first-order chi connectivity index (χ1) is 10.6. The van der Waals surface area contributed by atoms with Gasteiger partial charge < -0.3 is 5.73 Å². The predicted molar refractivity (Wildman–Crippen MR) is 87.6 cm³/mol. The lowest BCUT2D eigenvalue weighted by molar-refractivity contribution is 0.103. The average Bonchev–Trinajstić information content (AvgIpc) is 2.89. The Morgan fingerprint density at radius 1 is 1.14 bits per heavy atom. The Bertz CT molecular complexity index is 837. The number of rotatable bonds is 3. The van der Waals surface area contributed by atoms with Crippen LogP contribution in [-0.2, 0) is 0 Å². The topological polar surface area (TPSA) is 60.9 Å². The van der Waals surface area contributed by atoms with Gasteiger partial charge in [0.15, 0.2) is 0 Å². The molecule has 5 heteroatoms. The van der Waals surface area contributed by atoms with Crippen LogP contribution in [-0.4, -0.2) is 15.3 Å². The molecule has 0 amide bonds. The third-order valence-corrected chi connectivity index (χ3v) is 3.75. The van der Waals surface area contributed by atoms with Crippen molar-refractivity contribution in [2.75, 3.05) is 5.73 Å². The summed E-state index contributed by atoms with van der Waals surface area (Å²) in [5.74, 6) is 0.0766. The van der Waals surface area contributed by atoms with Crippen LogP contribution in [0.5, 0.6) is 0 Å². The van der Waals surface area contributed by atoms with Gasteiger partial charge in [-0.3, -0.25) is 9.36 Å². The molecule has 0 unspecified atom stereocenters. The van der Waals surface area contributed by atoms with E-state index in [1.54, 1.807) is 28.8 Å². The van der Waals surface area contributed by atoms with Gasteiger partial charge in [0.1, 0.15) is 5.69 Å². The number of aryl methyl sites for hydroxylation is 1. The maximum atomic E-state index is 12.7. The van der Waals surface area contributed by atoms with Crippen LogP contribution in [0.4, 0.5) is 5.95 Å². The van der Waals surface area contributed by atoms with Gasteiger partial charge in [-0.25, -0.2) is 4.98 Å². The van der Waals surface area contributed by atoms with Crippen molar-refractivity contribution in [2.24, 2.45) is 0 Å². The van der Waals surface area contributed by atoms with Gasteiger partial charge in [0.2, 0.25) is 11.7 Å². The number of hydrogen-bond donors (Lipinski definition) is 1. The number of halogens is 1. The Morgan fingerprint density at radius 2 is 1.82 bits per heavy atom. The number of carbonyl (C=O) groups is 1. The van der Waals surface area contributed by atoms with E-state index in [1.165, 1.54) is 6.20 Å². The number of benzene rings is 2. The van der Waals surface area contributed by atoms with Crippen LogP contribution >= 0.6 is 11.6 Å². The molecule has 22 heavy (non-hydrogen) atoms. The summed E-state index contributed by atoms with van der Waals surface area (Å²) in [5.41, 5.74) is 8.62. The first-order valence-electron chi connectivity index (χ1n) is 6.77. The highest BCUT2D eigenvalue weighted by Crippen LogP contribution is 2.25. The number of imidazole rings is 1. The summed E-state index contributed by atoms with van der Waals surface area (Å²) in [6.07, 6.45) is 1.47. The van der Waals surface area contributed by atoms with E-state index < -0.39 is 0 Å². The maximum Gasteiger partial charge on any atom is 0.211 e. The Labute approximate surface area is 133 Å². The minimum Gasteiger partial charge on any atom is -0.369 e. The van der Waals surface area contributed by atoms with Crippen molar-refractivity contribution in [1.29, 1.82) is 0 Å². The Hall–Kier alpha value is -2.59. The molecule has 0 radical (unpaired) electrons. The Kier molecular flexibility index (Phi) is 3.69. The zero-order valence-electron chi connectivity index (χ0n) is 12.0. The zero-order valence-corrected chi connectivity index (χ0v) is 12.7. The Morgan fingerprint density at radius 3 is 2.50 bits per heavy atom. The molecule has 0 aliphatic rings. The van der Waals surface area contributed by atoms with Crippen molar-refractivity contribution >= 4 is 23.3 Å². The zero-order chi connectivity index (χ0) is 15.7. The minimum atomic E-state index is -0.149. The predicted octanol–water partition coefficient (Wildman–Crippen LogP) is 3.65. The fourth-order valence-corrected chi connectivity index (χ4v) is 2.49. The maximum absolute atomic E-state index is 12.7. The van der Waals surface area contributed by atoms with Crippen molar-refractivity contribution in [3.63, 3.8) is 0 Å². The van der Waals surface area contributed by atoms with Gasteiger partial charge in [-0.05, 0) is 19.1 Å². The van der Waals surface area contributed by atoms with E-state index in [2.05, 4.69) is 4.98 Å². The molecule has 3 aromatic rings. The van der Waals surface area contributed by atoms with Crippen molar-refractivity contribution < 1.29 is 4.79 Å². The van der Waals surface area contributed by atoms with Gasteiger partial charge >= 0.3 is 0 Å². The number of nitrogens with zero attached hydrogens (tertiary/aromatic N) is 2. The van der Waals surface area contributed by atoms with Gasteiger partial charge in [0, 0.05) is 5.56 Å². The van der Waals surface area contributed by atoms with E-state index in [0.717, 1.165) is 5.56 Å². The number of nitrogen functional groups attached to an aromatic ring is 1. The van der Waals surface area contributed by atoms with Gasteiger partial charge in [0.25, 0.3) is 0 Å². The van der Waals surface area contributed by atoms with Crippen LogP contribution in [0.15, 0.2) is 54.7 Å². The van der Waals surface area contributed by atoms with Crippen molar-refractivity contribution in [3.05, 3.63) is 76.6 Å². The van der Waals surface area contributed by atoms with Crippen molar-refractivity contribution in [3.8, 4) is 5.69 Å². The smallest absolute Gasteiger partial charge is 0.211 e. The molecular weight excluding hydrogens is 298 g/mol. The van der Waals surface area contributed by atoms with Gasteiger partial charge in [0.05, 0.1) is 16.9 Å². The number of ketones is 1. The number of nitrogens with two attached hydrogens (primary N) is 1. The molecule has 1 aromatic heterocycles. The molecule has 0 aliphatic carbocycles. The largest absolute Gasteiger partial charge is 0.369 e. The molecule has 3 rings (SSSR count). The van der Waals surface area contributed by atoms with E-state index in [-0.39, 0.29) is 11.7 Å². The third kappa shape index (κ3) is 2.49. The highest BCUT2D eigenvalue weighted by atomic mass is 35.5. The lowest BCUT2D eigenvalue weighted by Gasteiger charge is -2.11. The third-order valence-electron chi connectivity index (χ3n) is 3.43. The molecule has 1 heterocycles. The number of hydrogen-bond acceptors (Lipinski definition) is 3. The molecule has 0 aliphatic heterocycles. The second-order valence-electron chi connectivity index (χ2n) is 4.98. The second-order valence-corrected chi connectivity index (χ2v) is 5.39. The summed E-state index contributed by atoms with van der Waals surface area (Å²) >= 11 is 6.22. The summed E-state index contributed by atoms with van der Waals surface area (Å²) in [6.45, 7) is 1.97. The quantitative estimate of drug-likeness (QED) is 0.751. The van der Waals surface area contributed by atoms with E-state index >= 15 is 0 Å². The van der Waals surface area contributed by atoms with Crippen LogP contribution in [0.1, 0.15) is 21.6 Å². The van der Waals surface area contributed by atoms with Crippen molar-refractivity contribution in [1.82, 2.24) is 9.55 Å². The monoisotopic (exact) mass is 311 g/mol. The lowest BCUT2D eigenvalue weighted by Crippen LogP contribution is -2.11. The molecule has 110 valence electrons. The minimum absolute atomic E-state index is 0.149. The summed E-state index contributed by atoms with van der Waals surface area (Å²) in [6, 6.07) is 14.6. The summed E-state index contributed by atoms with van der Waals surface area (Å²) in [4.78, 5) is 16.8. The van der Waals surface area contributed by atoms with Crippen LogP contribution in [0.3, 0.4) is 0 Å². The molecule has 4 nitrogen and oxygen atoms in total. The molecule has 0 spiro atoms. The highest BCUT2D eigenvalue weighted by Gasteiger charge is 2.19. The SMILES string of the molecule is Cc1ccc(C(=O)c2cnc(N)n2-c2ccccc2Cl)cc1. The fraction of sp³-hybridized carbons (Fsp3) is 0.0588. The highest BCUT2D eigenvalue weighted by molar-refractivity contribution is 6.32. The first-order valence-corrected chi connectivity index (χ1v) is 7.15. The molecule has 0 fully saturated rings. The molecule has 0 saturated heterocycles. The number of para-hydroxylation sites is 1. The van der Waals surface area contributed by atoms with Crippen LogP contribution in [0, 0.1) is 6.92 Å². The molecule has 2 aromatic carbocycles. The molecule has 2 N–H and O–H groups in total. The standard InChI is InChI=1S/C17H14ClN3O/c1-11-6-8-12(9-7-11)16(22)15-10-20-17(19)21(15)14-5-3-2-4-13(14)18/h2-10H,1H3,(H2,19,20). The van der Waals surface area contributed by atoms with E-state index in [9.17, 15) is 4.79 Å². The van der Waals surface area contributed by atoms with E-state index in [1.807, 2.05) is 31.2 Å². The summed E-state index contributed by atoms with van der Waals surface area (Å²) < 4.78 is 1.57. The van der Waals surface area contributed by atoms with E-state index in [4.69, 9.17) is 17.3 Å². The average molecular weight is 312 g/mol. The summed E-state index contributed by atoms with van der Waals surface area (Å²) in [5, 5.41) is 0.505.